The Morgan fingerprint density at radius 3 is 2.81 bits per heavy atom. The largest absolute Gasteiger partial charge is 0.489 e. The molecule has 0 aromatic heterocycles. The number of carboxylic acid groups (broad SMARTS) is 1. The number of hydrogen-bond acceptors (Lipinski definition) is 2. The van der Waals surface area contributed by atoms with Gasteiger partial charge in [-0.15, -0.1) is 0 Å². The summed E-state index contributed by atoms with van der Waals surface area (Å²) in [5.74, 6) is -1.22. The molecule has 2 rings (SSSR count). The molecule has 21 heavy (non-hydrogen) atoms. The molecule has 2 aromatic carbocycles. The summed E-state index contributed by atoms with van der Waals surface area (Å²) < 4.78 is 19.9. The normalized spacial score (nSPS) is 10.8. The summed E-state index contributed by atoms with van der Waals surface area (Å²) in [6.45, 7) is 0.297. The van der Waals surface area contributed by atoms with Crippen LogP contribution < -0.4 is 4.74 Å². The van der Waals surface area contributed by atoms with Crippen molar-refractivity contribution in [1.82, 2.24) is 0 Å². The van der Waals surface area contributed by atoms with Crippen molar-refractivity contribution in [2.45, 2.75) is 6.61 Å². The van der Waals surface area contributed by atoms with E-state index < -0.39 is 11.8 Å². The topological polar surface area (TPSA) is 46.5 Å². The first kappa shape index (κ1) is 15.3. The zero-order chi connectivity index (χ0) is 15.2. The van der Waals surface area contributed by atoms with Crippen LogP contribution in [-0.4, -0.2) is 11.1 Å². The highest BCUT2D eigenvalue weighted by molar-refractivity contribution is 9.10. The van der Waals surface area contributed by atoms with Gasteiger partial charge < -0.3 is 9.84 Å². The maximum atomic E-state index is 13.5. The molecule has 0 saturated carbocycles. The molecule has 0 aliphatic heterocycles. The monoisotopic (exact) mass is 350 g/mol. The summed E-state index contributed by atoms with van der Waals surface area (Å²) in [6.07, 6.45) is 2.27. The lowest BCUT2D eigenvalue weighted by molar-refractivity contribution is -0.131. The van der Waals surface area contributed by atoms with Crippen molar-refractivity contribution in [2.75, 3.05) is 0 Å². The highest BCUT2D eigenvalue weighted by Gasteiger charge is 2.02. The molecule has 0 bridgehead atoms. The molecule has 0 aliphatic rings. The van der Waals surface area contributed by atoms with Crippen LogP contribution in [0.1, 0.15) is 11.1 Å². The highest BCUT2D eigenvalue weighted by Crippen LogP contribution is 2.20. The van der Waals surface area contributed by atoms with Crippen LogP contribution in [0.15, 0.2) is 53.0 Å². The van der Waals surface area contributed by atoms with Crippen LogP contribution in [0, 0.1) is 5.82 Å². The van der Waals surface area contributed by atoms with Crippen LogP contribution in [0.4, 0.5) is 4.39 Å². The minimum atomic E-state index is -1.09. The molecule has 5 heteroatoms. The van der Waals surface area contributed by atoms with Gasteiger partial charge in [0.2, 0.25) is 0 Å². The fraction of sp³-hybridized carbons (Fsp3) is 0.0625. The van der Waals surface area contributed by atoms with E-state index in [1.54, 1.807) is 6.07 Å². The van der Waals surface area contributed by atoms with Crippen molar-refractivity contribution in [3.05, 3.63) is 70.0 Å². The number of halogens is 2. The van der Waals surface area contributed by atoms with Gasteiger partial charge in [0.25, 0.3) is 0 Å². The molecule has 1 N–H and O–H groups in total. The van der Waals surface area contributed by atoms with Gasteiger partial charge in [0.1, 0.15) is 18.2 Å². The second kappa shape index (κ2) is 7.04. The summed E-state index contributed by atoms with van der Waals surface area (Å²) >= 11 is 3.37. The molecular formula is C16H12BrFO3. The average Bonchev–Trinajstić information content (AvgIpc) is 2.43. The van der Waals surface area contributed by atoms with Gasteiger partial charge in [-0.25, -0.2) is 9.18 Å². The standard InChI is InChI=1S/C16H12BrFO3/c17-13-3-1-2-12(6-13)10-21-15-8-11(4-5-16(19)20)7-14(18)9-15/h1-9H,10H2,(H,19,20)/b5-4+. The molecule has 0 amide bonds. The number of carboxylic acids is 1. The van der Waals surface area contributed by atoms with Crippen LogP contribution >= 0.6 is 15.9 Å². The smallest absolute Gasteiger partial charge is 0.328 e. The van der Waals surface area contributed by atoms with Gasteiger partial charge >= 0.3 is 5.97 Å². The van der Waals surface area contributed by atoms with E-state index in [2.05, 4.69) is 15.9 Å². The summed E-state index contributed by atoms with van der Waals surface area (Å²) in [6, 6.07) is 11.7. The average molecular weight is 351 g/mol. The number of ether oxygens (including phenoxy) is 1. The highest BCUT2D eigenvalue weighted by atomic mass is 79.9. The van der Waals surface area contributed by atoms with Crippen molar-refractivity contribution in [3.63, 3.8) is 0 Å². The Morgan fingerprint density at radius 1 is 1.29 bits per heavy atom. The van der Waals surface area contributed by atoms with Crippen molar-refractivity contribution < 1.29 is 19.0 Å². The van der Waals surface area contributed by atoms with E-state index >= 15 is 0 Å². The minimum Gasteiger partial charge on any atom is -0.489 e. The van der Waals surface area contributed by atoms with Crippen molar-refractivity contribution in [3.8, 4) is 5.75 Å². The molecular weight excluding hydrogens is 339 g/mol. The molecule has 0 fully saturated rings. The quantitative estimate of drug-likeness (QED) is 0.819. The van der Waals surface area contributed by atoms with E-state index in [0.29, 0.717) is 17.9 Å². The zero-order valence-electron chi connectivity index (χ0n) is 10.9. The molecule has 0 heterocycles. The van der Waals surface area contributed by atoms with Gasteiger partial charge in [0, 0.05) is 16.6 Å². The second-order valence-electron chi connectivity index (χ2n) is 4.31. The Bertz CT molecular complexity index is 683. The van der Waals surface area contributed by atoms with Gasteiger partial charge in [0.05, 0.1) is 0 Å². The first-order valence-electron chi connectivity index (χ1n) is 6.12. The van der Waals surface area contributed by atoms with E-state index in [-0.39, 0.29) is 0 Å². The van der Waals surface area contributed by atoms with Crippen LogP contribution in [0.25, 0.3) is 6.08 Å². The van der Waals surface area contributed by atoms with E-state index in [0.717, 1.165) is 16.1 Å². The Labute approximate surface area is 129 Å². The Hall–Kier alpha value is -2.14. The Balaban J connectivity index is 2.11. The number of rotatable bonds is 5. The van der Waals surface area contributed by atoms with Gasteiger partial charge in [-0.3, -0.25) is 0 Å². The van der Waals surface area contributed by atoms with Crippen LogP contribution in [0.3, 0.4) is 0 Å². The fourth-order valence-electron chi connectivity index (χ4n) is 1.72. The minimum absolute atomic E-state index is 0.297. The van der Waals surface area contributed by atoms with Crippen molar-refractivity contribution >= 4 is 28.0 Å². The molecule has 108 valence electrons. The summed E-state index contributed by atoms with van der Waals surface area (Å²) in [7, 11) is 0. The summed E-state index contributed by atoms with van der Waals surface area (Å²) in [5.41, 5.74) is 1.37. The van der Waals surface area contributed by atoms with Gasteiger partial charge in [-0.1, -0.05) is 28.1 Å². The number of aliphatic carboxylic acids is 1. The summed E-state index contributed by atoms with van der Waals surface area (Å²) in [5, 5.41) is 8.58. The number of benzene rings is 2. The third kappa shape index (κ3) is 5.04. The molecule has 0 atom stereocenters. The number of carbonyl (C=O) groups is 1. The van der Waals surface area contributed by atoms with E-state index in [4.69, 9.17) is 9.84 Å². The molecule has 0 radical (unpaired) electrons. The SMILES string of the molecule is O=C(O)/C=C/c1cc(F)cc(OCc2cccc(Br)c2)c1. The first-order chi connectivity index (χ1) is 10.0. The molecule has 0 saturated heterocycles. The molecule has 0 unspecified atom stereocenters. The fourth-order valence-corrected chi connectivity index (χ4v) is 2.17. The molecule has 0 aliphatic carbocycles. The maximum absolute atomic E-state index is 13.5. The second-order valence-corrected chi connectivity index (χ2v) is 5.23. The van der Waals surface area contributed by atoms with E-state index in [1.165, 1.54) is 18.2 Å². The predicted octanol–water partition coefficient (Wildman–Crippen LogP) is 4.27. The van der Waals surface area contributed by atoms with Crippen molar-refractivity contribution in [2.24, 2.45) is 0 Å². The molecule has 3 nitrogen and oxygen atoms in total. The van der Waals surface area contributed by atoms with E-state index in [1.807, 2.05) is 24.3 Å². The van der Waals surface area contributed by atoms with Crippen LogP contribution in [-0.2, 0) is 11.4 Å². The lowest BCUT2D eigenvalue weighted by atomic mass is 10.2. The predicted molar refractivity (Wildman–Crippen MR) is 81.5 cm³/mol. The summed E-state index contributed by atoms with van der Waals surface area (Å²) in [4.78, 5) is 10.5. The van der Waals surface area contributed by atoms with Gasteiger partial charge in [-0.2, -0.15) is 0 Å². The van der Waals surface area contributed by atoms with Crippen molar-refractivity contribution in [1.29, 1.82) is 0 Å². The number of hydrogen-bond donors (Lipinski definition) is 1. The van der Waals surface area contributed by atoms with Gasteiger partial charge in [0.15, 0.2) is 0 Å². The third-order valence-corrected chi connectivity index (χ3v) is 3.10. The lowest BCUT2D eigenvalue weighted by Gasteiger charge is -2.08. The Morgan fingerprint density at radius 2 is 2.10 bits per heavy atom. The first-order valence-corrected chi connectivity index (χ1v) is 6.91. The molecule has 0 spiro atoms. The third-order valence-electron chi connectivity index (χ3n) is 2.61. The maximum Gasteiger partial charge on any atom is 0.328 e. The van der Waals surface area contributed by atoms with E-state index in [9.17, 15) is 9.18 Å². The lowest BCUT2D eigenvalue weighted by Crippen LogP contribution is -1.96. The van der Waals surface area contributed by atoms with Crippen LogP contribution in [0.5, 0.6) is 5.75 Å². The zero-order valence-corrected chi connectivity index (χ0v) is 12.5. The Kier molecular flexibility index (Phi) is 5.11. The molecule has 2 aromatic rings. The van der Waals surface area contributed by atoms with Crippen LogP contribution in [0.2, 0.25) is 0 Å². The van der Waals surface area contributed by atoms with Gasteiger partial charge in [-0.05, 0) is 41.5 Å².